The van der Waals surface area contributed by atoms with Gasteiger partial charge < -0.3 is 19.7 Å². The van der Waals surface area contributed by atoms with Crippen molar-refractivity contribution in [2.24, 2.45) is 0 Å². The Balaban J connectivity index is 1.63. The van der Waals surface area contributed by atoms with Crippen LogP contribution in [0.5, 0.6) is 11.5 Å². The molecule has 5 nitrogen and oxygen atoms in total. The highest BCUT2D eigenvalue weighted by atomic mass is 35.5. The van der Waals surface area contributed by atoms with E-state index in [2.05, 4.69) is 23.2 Å². The Labute approximate surface area is 208 Å². The van der Waals surface area contributed by atoms with Crippen molar-refractivity contribution in [3.05, 3.63) is 69.9 Å². The fraction of sp³-hybridized carbons (Fsp3) is 0.464. The maximum absolute atomic E-state index is 13.4. The van der Waals surface area contributed by atoms with Crippen molar-refractivity contribution in [1.29, 1.82) is 0 Å². The Hall–Kier alpha value is -2.66. The molecule has 1 saturated carbocycles. The summed E-state index contributed by atoms with van der Waals surface area (Å²) in [6.45, 7) is 2.82. The number of hydrogen-bond acceptors (Lipinski definition) is 4. The summed E-state index contributed by atoms with van der Waals surface area (Å²) in [6.07, 6.45) is 7.21. The summed E-state index contributed by atoms with van der Waals surface area (Å²) in [7, 11) is 3.35. The fourth-order valence-electron chi connectivity index (χ4n) is 5.28. The zero-order valence-corrected chi connectivity index (χ0v) is 21.2. The molecule has 2 aromatic carbocycles. The van der Waals surface area contributed by atoms with Crippen molar-refractivity contribution in [1.82, 2.24) is 10.2 Å². The summed E-state index contributed by atoms with van der Waals surface area (Å²) in [5, 5.41) is 4.09. The molecule has 2 aliphatic rings. The zero-order chi connectivity index (χ0) is 24.1. The van der Waals surface area contributed by atoms with Crippen molar-refractivity contribution < 1.29 is 14.3 Å². The first-order chi connectivity index (χ1) is 16.5. The van der Waals surface area contributed by atoms with E-state index in [1.54, 1.807) is 14.2 Å². The molecule has 0 spiro atoms. The Bertz CT molecular complexity index is 1050. The van der Waals surface area contributed by atoms with Crippen LogP contribution in [0, 0.1) is 0 Å². The van der Waals surface area contributed by atoms with Crippen LogP contribution in [0.15, 0.2) is 53.7 Å². The van der Waals surface area contributed by atoms with Gasteiger partial charge >= 0.3 is 0 Å². The van der Waals surface area contributed by atoms with E-state index >= 15 is 0 Å². The van der Waals surface area contributed by atoms with Crippen LogP contribution in [0.4, 0.5) is 0 Å². The minimum Gasteiger partial charge on any atom is -0.497 e. The summed E-state index contributed by atoms with van der Waals surface area (Å²) in [6, 6.07) is 14.1. The number of carbonyl (C=O) groups excluding carboxylic acids is 1. The predicted octanol–water partition coefficient (Wildman–Crippen LogP) is 6.07. The summed E-state index contributed by atoms with van der Waals surface area (Å²) < 4.78 is 11.2. The third kappa shape index (κ3) is 5.35. The summed E-state index contributed by atoms with van der Waals surface area (Å²) in [5.74, 6) is 1.64. The second-order valence-corrected chi connectivity index (χ2v) is 9.64. The van der Waals surface area contributed by atoms with Crippen molar-refractivity contribution in [2.75, 3.05) is 20.8 Å². The lowest BCUT2D eigenvalue weighted by Gasteiger charge is -2.30. The van der Waals surface area contributed by atoms with E-state index in [0.717, 1.165) is 64.7 Å². The van der Waals surface area contributed by atoms with Gasteiger partial charge in [0.1, 0.15) is 11.5 Å². The quantitative estimate of drug-likeness (QED) is 0.496. The molecule has 1 aliphatic heterocycles. The standard InChI is InChI=1S/C28H35ClN2O3/c1-19-23(28(32)30-21-10-5-4-6-11-21)18-26(24-17-22(33-2)13-14-27(24)34-3)31(19)16-15-20-9-7-8-12-25(20)29/h7-9,12-14,17,21,26H,4-6,10-11,15-16,18H2,1-3H3,(H,30,32). The van der Waals surface area contributed by atoms with Gasteiger partial charge in [0.15, 0.2) is 0 Å². The van der Waals surface area contributed by atoms with E-state index in [9.17, 15) is 4.79 Å². The second-order valence-electron chi connectivity index (χ2n) is 9.23. The van der Waals surface area contributed by atoms with Crippen molar-refractivity contribution in [3.8, 4) is 11.5 Å². The SMILES string of the molecule is COc1ccc(OC)c(C2CC(C(=O)NC3CCCCC3)=C(C)N2CCc2ccccc2Cl)c1. The first-order valence-electron chi connectivity index (χ1n) is 12.2. The van der Waals surface area contributed by atoms with E-state index in [4.69, 9.17) is 21.1 Å². The molecule has 1 fully saturated rings. The molecule has 0 saturated heterocycles. The average Bonchev–Trinajstić information content (AvgIpc) is 3.19. The average molecular weight is 483 g/mol. The van der Waals surface area contributed by atoms with Gasteiger partial charge in [0.05, 0.1) is 20.3 Å². The Morgan fingerprint density at radius 2 is 1.85 bits per heavy atom. The lowest BCUT2D eigenvalue weighted by Crippen LogP contribution is -2.37. The molecule has 1 heterocycles. The molecule has 1 amide bonds. The number of halogens is 1. The third-order valence-corrected chi connectivity index (χ3v) is 7.60. The lowest BCUT2D eigenvalue weighted by molar-refractivity contribution is -0.118. The van der Waals surface area contributed by atoms with Gasteiger partial charge in [-0.2, -0.15) is 0 Å². The molecule has 34 heavy (non-hydrogen) atoms. The molecule has 6 heteroatoms. The van der Waals surface area contributed by atoms with Crippen LogP contribution in [0.3, 0.4) is 0 Å². The number of carbonyl (C=O) groups is 1. The predicted molar refractivity (Wildman–Crippen MR) is 136 cm³/mol. The van der Waals surface area contributed by atoms with Crippen LogP contribution in [0.25, 0.3) is 0 Å². The number of ether oxygens (including phenoxy) is 2. The number of rotatable bonds is 8. The first-order valence-corrected chi connectivity index (χ1v) is 12.6. The number of methoxy groups -OCH3 is 2. The lowest BCUT2D eigenvalue weighted by atomic mass is 9.94. The Kier molecular flexibility index (Phi) is 8.04. The highest BCUT2D eigenvalue weighted by Gasteiger charge is 2.36. The highest BCUT2D eigenvalue weighted by Crippen LogP contribution is 2.43. The van der Waals surface area contributed by atoms with Crippen LogP contribution in [-0.4, -0.2) is 37.6 Å². The number of nitrogens with zero attached hydrogens (tertiary/aromatic N) is 1. The van der Waals surface area contributed by atoms with Crippen LogP contribution in [-0.2, 0) is 11.2 Å². The number of nitrogens with one attached hydrogen (secondary N) is 1. The molecule has 1 atom stereocenters. The molecular weight excluding hydrogens is 448 g/mol. The van der Waals surface area contributed by atoms with Crippen molar-refractivity contribution >= 4 is 17.5 Å². The molecule has 2 aromatic rings. The molecule has 4 rings (SSSR count). The van der Waals surface area contributed by atoms with Crippen LogP contribution >= 0.6 is 11.6 Å². The smallest absolute Gasteiger partial charge is 0.249 e. The Morgan fingerprint density at radius 3 is 2.56 bits per heavy atom. The van der Waals surface area contributed by atoms with Gasteiger partial charge in [-0.25, -0.2) is 0 Å². The van der Waals surface area contributed by atoms with Gasteiger partial charge in [-0.3, -0.25) is 4.79 Å². The largest absolute Gasteiger partial charge is 0.497 e. The maximum Gasteiger partial charge on any atom is 0.249 e. The number of allylic oxidation sites excluding steroid dienone is 1. The van der Waals surface area contributed by atoms with Crippen molar-refractivity contribution in [3.63, 3.8) is 0 Å². The third-order valence-electron chi connectivity index (χ3n) is 7.23. The molecular formula is C28H35ClN2O3. The van der Waals surface area contributed by atoms with E-state index in [1.807, 2.05) is 36.4 Å². The molecule has 1 N–H and O–H groups in total. The van der Waals surface area contributed by atoms with Gasteiger partial charge in [0.25, 0.3) is 0 Å². The molecule has 0 bridgehead atoms. The number of hydrogen-bond donors (Lipinski definition) is 1. The summed E-state index contributed by atoms with van der Waals surface area (Å²) in [5.41, 5.74) is 4.02. The first kappa shape index (κ1) is 24.5. The zero-order valence-electron chi connectivity index (χ0n) is 20.4. The minimum atomic E-state index is -0.0142. The van der Waals surface area contributed by atoms with Gasteiger partial charge in [0, 0.05) is 40.9 Å². The van der Waals surface area contributed by atoms with E-state index < -0.39 is 0 Å². The number of benzene rings is 2. The van der Waals surface area contributed by atoms with Crippen LogP contribution in [0.2, 0.25) is 5.02 Å². The van der Waals surface area contributed by atoms with Crippen LogP contribution in [0.1, 0.15) is 62.6 Å². The van der Waals surface area contributed by atoms with E-state index in [1.165, 1.54) is 19.3 Å². The summed E-state index contributed by atoms with van der Waals surface area (Å²) in [4.78, 5) is 15.7. The van der Waals surface area contributed by atoms with Gasteiger partial charge in [0.2, 0.25) is 5.91 Å². The Morgan fingerprint density at radius 1 is 1.09 bits per heavy atom. The van der Waals surface area contributed by atoms with Gasteiger partial charge in [-0.05, 0) is 56.0 Å². The van der Waals surface area contributed by atoms with Gasteiger partial charge in [-0.1, -0.05) is 49.1 Å². The minimum absolute atomic E-state index is 0.0142. The fourth-order valence-corrected chi connectivity index (χ4v) is 5.51. The highest BCUT2D eigenvalue weighted by molar-refractivity contribution is 6.31. The molecule has 1 unspecified atom stereocenters. The normalized spacial score (nSPS) is 18.8. The maximum atomic E-state index is 13.4. The monoisotopic (exact) mass is 482 g/mol. The molecule has 0 aromatic heterocycles. The molecule has 182 valence electrons. The topological polar surface area (TPSA) is 50.8 Å². The second kappa shape index (κ2) is 11.2. The van der Waals surface area contributed by atoms with Gasteiger partial charge in [-0.15, -0.1) is 0 Å². The van der Waals surface area contributed by atoms with Crippen LogP contribution < -0.4 is 14.8 Å². The summed E-state index contributed by atoms with van der Waals surface area (Å²) >= 11 is 6.44. The molecule has 1 aliphatic carbocycles. The van der Waals surface area contributed by atoms with E-state index in [0.29, 0.717) is 6.42 Å². The molecule has 0 radical (unpaired) electrons. The number of amides is 1. The van der Waals surface area contributed by atoms with E-state index in [-0.39, 0.29) is 18.0 Å². The van der Waals surface area contributed by atoms with Crippen molar-refractivity contribution in [2.45, 2.75) is 64.0 Å².